The minimum absolute atomic E-state index is 0.0422. The largest absolute Gasteiger partial charge is 0.494 e. The number of hydrogen-bond acceptors (Lipinski definition) is 10. The number of carbonyl (C=O) groups is 1. The van der Waals surface area contributed by atoms with Gasteiger partial charge in [0.25, 0.3) is 0 Å². The van der Waals surface area contributed by atoms with Crippen LogP contribution in [0, 0.1) is 11.3 Å². The van der Waals surface area contributed by atoms with E-state index in [2.05, 4.69) is 31.2 Å². The molecule has 2 N–H and O–H groups in total. The molecule has 11 nitrogen and oxygen atoms in total. The van der Waals surface area contributed by atoms with Gasteiger partial charge in [0.05, 0.1) is 31.0 Å². The fraction of sp³-hybridized carbons (Fsp3) is 0.567. The molecular formula is C30H41N7O4. The second kappa shape index (κ2) is 12.7. The van der Waals surface area contributed by atoms with E-state index < -0.39 is 11.4 Å². The van der Waals surface area contributed by atoms with Gasteiger partial charge in [0.2, 0.25) is 5.95 Å². The third-order valence-electron chi connectivity index (χ3n) is 8.29. The summed E-state index contributed by atoms with van der Waals surface area (Å²) in [6.07, 6.45) is 14.8. The maximum atomic E-state index is 11.7. The Labute approximate surface area is 241 Å². The Morgan fingerprint density at radius 1 is 1.12 bits per heavy atom. The monoisotopic (exact) mass is 563 g/mol. The zero-order valence-corrected chi connectivity index (χ0v) is 24.3. The lowest BCUT2D eigenvalue weighted by Gasteiger charge is -2.38. The van der Waals surface area contributed by atoms with Gasteiger partial charge in [0.1, 0.15) is 23.5 Å². The molecule has 2 aromatic rings. The van der Waals surface area contributed by atoms with E-state index in [1.165, 1.54) is 0 Å². The fourth-order valence-electron chi connectivity index (χ4n) is 5.74. The topological polar surface area (TPSA) is 126 Å². The van der Waals surface area contributed by atoms with Crippen LogP contribution in [0.4, 0.5) is 23.4 Å². The van der Waals surface area contributed by atoms with Crippen molar-refractivity contribution in [1.29, 1.82) is 0 Å². The van der Waals surface area contributed by atoms with Crippen LogP contribution >= 0.6 is 0 Å². The predicted octanol–water partition coefficient (Wildman–Crippen LogP) is 4.92. The average molecular weight is 564 g/mol. The lowest BCUT2D eigenvalue weighted by atomic mass is 9.74. The van der Waals surface area contributed by atoms with E-state index in [1.54, 1.807) is 18.6 Å². The lowest BCUT2D eigenvalue weighted by molar-refractivity contribution is -0.150. The molecule has 2 aliphatic heterocycles. The molecule has 0 aromatic carbocycles. The Bertz CT molecular complexity index is 1270. The summed E-state index contributed by atoms with van der Waals surface area (Å²) in [5, 5.41) is 12.8. The summed E-state index contributed by atoms with van der Waals surface area (Å²) in [5.74, 6) is 3.79. The summed E-state index contributed by atoms with van der Waals surface area (Å²) >= 11 is 0. The molecule has 0 spiro atoms. The minimum Gasteiger partial charge on any atom is -0.494 e. The van der Waals surface area contributed by atoms with Crippen molar-refractivity contribution in [3.63, 3.8) is 0 Å². The molecule has 0 bridgehead atoms. The van der Waals surface area contributed by atoms with Crippen LogP contribution in [0.2, 0.25) is 0 Å². The molecular weight excluding hydrogens is 522 g/mol. The number of rotatable bonds is 10. The van der Waals surface area contributed by atoms with Crippen molar-refractivity contribution >= 4 is 29.4 Å². The van der Waals surface area contributed by atoms with Gasteiger partial charge in [-0.05, 0) is 70.9 Å². The van der Waals surface area contributed by atoms with Gasteiger partial charge < -0.3 is 29.7 Å². The van der Waals surface area contributed by atoms with Gasteiger partial charge in [-0.1, -0.05) is 6.08 Å². The third kappa shape index (κ3) is 6.89. The first-order valence-corrected chi connectivity index (χ1v) is 14.7. The van der Waals surface area contributed by atoms with E-state index in [0.717, 1.165) is 87.9 Å². The van der Waals surface area contributed by atoms with Gasteiger partial charge in [-0.25, -0.2) is 9.97 Å². The standard InChI is InChI=1S/C30H41N7O4/c1-4-40-23-9-5-6-10-24(23)41-22-8-7-15-37(20-22)27-19-31-18-25(33-27)34-29-32-14-11-26(35-29)36-16-12-21(13-17-36)30(2,3)28(38)39/h6,10-11,14,18-19,21-22H,4-5,7-9,12-13,15-17,20H2,1-3H3,(H,38,39)(H,32,33,34,35). The summed E-state index contributed by atoms with van der Waals surface area (Å²) in [4.78, 5) is 34.4. The van der Waals surface area contributed by atoms with Crippen molar-refractivity contribution in [2.75, 3.05) is 47.9 Å². The zero-order chi connectivity index (χ0) is 28.8. The SMILES string of the molecule is CCOC1=C(OC2CCCN(c3cncc(Nc4nccc(N5CCC(C(C)(C)C(=O)O)CC5)n4)n3)C2)C=CCC1. The molecule has 0 saturated carbocycles. The van der Waals surface area contributed by atoms with Gasteiger partial charge in [-0.2, -0.15) is 4.98 Å². The lowest BCUT2D eigenvalue weighted by Crippen LogP contribution is -2.42. The molecule has 5 rings (SSSR count). The molecule has 1 unspecified atom stereocenters. The number of hydrogen-bond donors (Lipinski definition) is 2. The van der Waals surface area contributed by atoms with Gasteiger partial charge in [-0.3, -0.25) is 9.78 Å². The molecule has 2 fully saturated rings. The van der Waals surface area contributed by atoms with Crippen LogP contribution in [-0.4, -0.2) is 69.9 Å². The minimum atomic E-state index is -0.741. The molecule has 1 atom stereocenters. The highest BCUT2D eigenvalue weighted by molar-refractivity contribution is 5.74. The average Bonchev–Trinajstić information content (AvgIpc) is 2.99. The smallest absolute Gasteiger partial charge is 0.309 e. The van der Waals surface area contributed by atoms with Crippen molar-refractivity contribution < 1.29 is 19.4 Å². The van der Waals surface area contributed by atoms with Crippen LogP contribution in [0.1, 0.15) is 59.3 Å². The zero-order valence-electron chi connectivity index (χ0n) is 24.3. The molecule has 3 aliphatic rings. The third-order valence-corrected chi connectivity index (χ3v) is 8.29. The summed E-state index contributed by atoms with van der Waals surface area (Å²) in [7, 11) is 0. The number of allylic oxidation sites excluding steroid dienone is 3. The van der Waals surface area contributed by atoms with Gasteiger partial charge in [0, 0.05) is 32.3 Å². The number of nitrogens with one attached hydrogen (secondary N) is 1. The van der Waals surface area contributed by atoms with Gasteiger partial charge >= 0.3 is 5.97 Å². The first-order chi connectivity index (χ1) is 19.8. The van der Waals surface area contributed by atoms with Crippen LogP contribution in [0.25, 0.3) is 0 Å². The normalized spacial score (nSPS) is 20.2. The van der Waals surface area contributed by atoms with E-state index in [-0.39, 0.29) is 12.0 Å². The molecule has 2 saturated heterocycles. The van der Waals surface area contributed by atoms with Crippen LogP contribution in [-0.2, 0) is 14.3 Å². The Kier molecular flexibility index (Phi) is 8.90. The second-order valence-electron chi connectivity index (χ2n) is 11.4. The molecule has 2 aromatic heterocycles. The Balaban J connectivity index is 1.21. The van der Waals surface area contributed by atoms with Crippen LogP contribution in [0.15, 0.2) is 48.3 Å². The Hall–Kier alpha value is -3.89. The van der Waals surface area contributed by atoms with Gasteiger partial charge in [0.15, 0.2) is 11.6 Å². The number of carboxylic acids is 1. The van der Waals surface area contributed by atoms with E-state index in [1.807, 2.05) is 32.9 Å². The second-order valence-corrected chi connectivity index (χ2v) is 11.4. The van der Waals surface area contributed by atoms with Crippen LogP contribution in [0.5, 0.6) is 0 Å². The first-order valence-electron chi connectivity index (χ1n) is 14.7. The van der Waals surface area contributed by atoms with E-state index in [0.29, 0.717) is 18.4 Å². The molecule has 220 valence electrons. The maximum Gasteiger partial charge on any atom is 0.309 e. The number of aromatic nitrogens is 4. The van der Waals surface area contributed by atoms with Crippen molar-refractivity contribution in [1.82, 2.24) is 19.9 Å². The Morgan fingerprint density at radius 3 is 2.73 bits per heavy atom. The molecule has 1 aliphatic carbocycles. The quantitative estimate of drug-likeness (QED) is 0.409. The summed E-state index contributed by atoms with van der Waals surface area (Å²) in [6.45, 7) is 9.38. The number of nitrogens with zero attached hydrogens (tertiary/aromatic N) is 6. The van der Waals surface area contributed by atoms with Crippen molar-refractivity contribution in [2.24, 2.45) is 11.3 Å². The number of ether oxygens (including phenoxy) is 2. The van der Waals surface area contributed by atoms with Crippen molar-refractivity contribution in [3.8, 4) is 0 Å². The molecule has 4 heterocycles. The number of piperidine rings is 2. The van der Waals surface area contributed by atoms with Gasteiger partial charge in [-0.15, -0.1) is 0 Å². The highest BCUT2D eigenvalue weighted by Gasteiger charge is 2.38. The highest BCUT2D eigenvalue weighted by Crippen LogP contribution is 2.36. The van der Waals surface area contributed by atoms with E-state index in [9.17, 15) is 9.90 Å². The highest BCUT2D eigenvalue weighted by atomic mass is 16.5. The molecule has 41 heavy (non-hydrogen) atoms. The van der Waals surface area contributed by atoms with Crippen molar-refractivity contribution in [3.05, 3.63) is 48.3 Å². The van der Waals surface area contributed by atoms with Crippen LogP contribution in [0.3, 0.4) is 0 Å². The maximum absolute atomic E-state index is 11.7. The summed E-state index contributed by atoms with van der Waals surface area (Å²) in [5.41, 5.74) is -0.731. The number of carboxylic acid groups (broad SMARTS) is 1. The van der Waals surface area contributed by atoms with Crippen molar-refractivity contribution in [2.45, 2.75) is 65.4 Å². The fourth-order valence-corrected chi connectivity index (χ4v) is 5.74. The Morgan fingerprint density at radius 2 is 1.95 bits per heavy atom. The molecule has 0 amide bonds. The molecule has 11 heteroatoms. The van der Waals surface area contributed by atoms with E-state index in [4.69, 9.17) is 19.4 Å². The summed E-state index contributed by atoms with van der Waals surface area (Å²) < 4.78 is 12.2. The number of anilines is 4. The first kappa shape index (κ1) is 28.6. The van der Waals surface area contributed by atoms with Crippen LogP contribution < -0.4 is 15.1 Å². The van der Waals surface area contributed by atoms with E-state index >= 15 is 0 Å². The number of aliphatic carboxylic acids is 1. The molecule has 0 radical (unpaired) electrons. The predicted molar refractivity (Wildman–Crippen MR) is 157 cm³/mol. The summed E-state index contributed by atoms with van der Waals surface area (Å²) in [6, 6.07) is 1.89.